The fraction of sp³-hybridized carbons (Fsp3) is 0.0526. The molecule has 0 amide bonds. The summed E-state index contributed by atoms with van der Waals surface area (Å²) in [6.45, 7) is 0. The van der Waals surface area contributed by atoms with Crippen molar-refractivity contribution in [3.05, 3.63) is 100 Å². The molecule has 1 atom stereocenters. The second kappa shape index (κ2) is 6.91. The Morgan fingerprint density at radius 1 is 0.234 bits per heavy atom. The topological polar surface area (TPSA) is 20.2 Å². The molecule has 324 valence electrons. The van der Waals surface area contributed by atoms with E-state index >= 15 is 5.11 Å². The van der Waals surface area contributed by atoms with Crippen molar-refractivity contribution in [2.24, 2.45) is 0 Å². The third-order valence-electron chi connectivity index (χ3n) is 27.2. The second-order valence-electron chi connectivity index (χ2n) is 27.8. The molecule has 0 radical (unpaired) electrons. The minimum Gasteiger partial charge on any atom is -0.380 e. The third kappa shape index (κ3) is 1.68. The normalized spacial score (nSPS) is 23.6. The van der Waals surface area contributed by atoms with E-state index in [0.29, 0.717) is 6.42 Å². The summed E-state index contributed by atoms with van der Waals surface area (Å²) in [5.41, 5.74) is 7.23. The summed E-state index contributed by atoms with van der Waals surface area (Å²) in [6, 6.07) is 22.3. The van der Waals surface area contributed by atoms with Crippen LogP contribution >= 0.6 is 0 Å². The summed E-state index contributed by atoms with van der Waals surface area (Å²) in [6.07, 6.45) is 3.44. The van der Waals surface area contributed by atoms with Crippen molar-refractivity contribution in [3.63, 3.8) is 0 Å². The predicted molar refractivity (Wildman–Crippen MR) is 323 cm³/mol. The average molecular weight is 943 g/mol. The lowest BCUT2D eigenvalue weighted by Gasteiger charge is -2.59. The molecule has 5 aliphatic rings. The Morgan fingerprint density at radius 2 is 0.442 bits per heavy atom. The van der Waals surface area contributed by atoms with Gasteiger partial charge in [0.1, 0.15) is 5.60 Å². The minimum absolute atomic E-state index is 0.579. The molecule has 5 aliphatic carbocycles. The van der Waals surface area contributed by atoms with E-state index in [4.69, 9.17) is 0 Å². The average Bonchev–Trinajstić information content (AvgIpc) is 1.66. The zero-order chi connectivity index (χ0) is 46.2. The Bertz CT molecular complexity index is 7690. The van der Waals surface area contributed by atoms with Crippen molar-refractivity contribution in [1.82, 2.24) is 0 Å². The molecular formula is C76H14O. The lowest BCUT2D eigenvalue weighted by molar-refractivity contribution is 0.0509. The molecule has 1 heteroatoms. The van der Waals surface area contributed by atoms with E-state index in [1.807, 2.05) is 0 Å². The number of hydrogen-bond acceptors (Lipinski definition) is 1. The van der Waals surface area contributed by atoms with Gasteiger partial charge < -0.3 is 5.11 Å². The highest BCUT2D eigenvalue weighted by atomic mass is 16.3. The van der Waals surface area contributed by atoms with Crippen molar-refractivity contribution in [1.29, 1.82) is 0 Å². The van der Waals surface area contributed by atoms with Crippen molar-refractivity contribution < 1.29 is 5.11 Å². The van der Waals surface area contributed by atoms with Crippen molar-refractivity contribution in [2.75, 3.05) is 0 Å². The molecule has 0 fully saturated rings. The van der Waals surface area contributed by atoms with Crippen LogP contribution in [0, 0.1) is 0 Å². The van der Waals surface area contributed by atoms with Crippen LogP contribution in [0.3, 0.4) is 0 Å². The first-order valence-corrected chi connectivity index (χ1v) is 28.6. The first-order valence-electron chi connectivity index (χ1n) is 28.6. The van der Waals surface area contributed by atoms with Crippen LogP contribution in [0.2, 0.25) is 0 Å². The molecule has 0 saturated heterocycles. The third-order valence-corrected chi connectivity index (χ3v) is 27.2. The Labute approximate surface area is 422 Å². The van der Waals surface area contributed by atoms with Crippen LogP contribution in [-0.4, -0.2) is 5.11 Å². The lowest BCUT2D eigenvalue weighted by Crippen LogP contribution is -2.57. The molecule has 1 nitrogen and oxygen atoms in total. The van der Waals surface area contributed by atoms with E-state index in [1.54, 1.807) is 313 Å². The Hall–Kier alpha value is -9.40. The van der Waals surface area contributed by atoms with Gasteiger partial charge >= 0.3 is 0 Å². The van der Waals surface area contributed by atoms with E-state index < -0.39 is 16.4 Å². The van der Waals surface area contributed by atoms with Crippen LogP contribution in [-0.2, 0) is 16.4 Å². The van der Waals surface area contributed by atoms with Gasteiger partial charge in [-0.25, -0.2) is 0 Å². The Morgan fingerprint density at radius 3 is 0.688 bits per heavy atom. The van der Waals surface area contributed by atoms with Gasteiger partial charge in [-0.1, -0.05) is 66.7 Å². The minimum atomic E-state index is -1.30. The van der Waals surface area contributed by atoms with Crippen LogP contribution < -0.4 is 0 Å². The molecule has 0 saturated carbocycles. The van der Waals surface area contributed by atoms with Gasteiger partial charge in [0, 0.05) is 5.41 Å². The van der Waals surface area contributed by atoms with Gasteiger partial charge in [0.2, 0.25) is 0 Å². The largest absolute Gasteiger partial charge is 0.380 e. The summed E-state index contributed by atoms with van der Waals surface area (Å²) in [5, 5.41) is 102. The van der Waals surface area contributed by atoms with Crippen LogP contribution in [0.25, 0.3) is 296 Å². The first-order chi connectivity index (χ1) is 38.3. The smallest absolute Gasteiger partial charge is 0.116 e. The molecule has 30 aromatic carbocycles. The van der Waals surface area contributed by atoms with Crippen LogP contribution in [0.5, 0.6) is 0 Å². The zero-order valence-corrected chi connectivity index (χ0v) is 39.5. The fourth-order valence-electron chi connectivity index (χ4n) is 26.8. The highest BCUT2D eigenvalue weighted by molar-refractivity contribution is 6.82. The predicted octanol–water partition coefficient (Wildman–Crippen LogP) is 19.7. The van der Waals surface area contributed by atoms with Gasteiger partial charge in [-0.3, -0.25) is 0 Å². The van der Waals surface area contributed by atoms with Crippen LogP contribution in [0.15, 0.2) is 66.7 Å². The number of hydrogen-bond donors (Lipinski definition) is 1. The van der Waals surface area contributed by atoms with E-state index in [-0.39, 0.29) is 0 Å². The van der Waals surface area contributed by atoms with Crippen molar-refractivity contribution >= 4 is 296 Å². The number of rotatable bonds is 2. The Kier molecular flexibility index (Phi) is 2.66. The monoisotopic (exact) mass is 942 g/mol. The van der Waals surface area contributed by atoms with Gasteiger partial charge in [-0.2, -0.15) is 0 Å². The molecule has 1 N–H and O–H groups in total. The molecule has 30 aromatic rings. The molecule has 0 aliphatic heterocycles. The summed E-state index contributed by atoms with van der Waals surface area (Å²) in [4.78, 5) is 0. The number of allylic oxidation sites excluding steroid dienone is 1. The Balaban J connectivity index is 1.10. The number of benzene rings is 20. The fourth-order valence-corrected chi connectivity index (χ4v) is 26.8. The van der Waals surface area contributed by atoms with Gasteiger partial charge in [0.15, 0.2) is 0 Å². The quantitative estimate of drug-likeness (QED) is 0.171. The summed E-state index contributed by atoms with van der Waals surface area (Å²) in [5.74, 6) is 0. The zero-order valence-electron chi connectivity index (χ0n) is 39.5. The SMILES string of the molecule is OC1(c2ccccc2)CC23c4c5c6c7c8c9c(c%10c%11c2c2c4c4c%12c5c5c6c6c8c8c%13c9c9c%10c%10c%11c%11c2c2c4c4c%12c%12c5c5c6c8c6c8c%13c9c9c%10c%10c%11c2c2c4c4c%12c5c6c5c8c9c%10c2c45)C73C=C1c1ccccc1. The summed E-state index contributed by atoms with van der Waals surface area (Å²) < 4.78 is 0. The van der Waals surface area contributed by atoms with Gasteiger partial charge in [0.25, 0.3) is 0 Å². The van der Waals surface area contributed by atoms with Crippen LogP contribution in [0.4, 0.5) is 0 Å². The summed E-state index contributed by atoms with van der Waals surface area (Å²) in [7, 11) is 0. The molecule has 0 heterocycles. The molecular weight excluding hydrogens is 929 g/mol. The molecule has 35 rings (SSSR count). The number of aliphatic hydroxyl groups is 1. The standard InChI is InChI=1S/C76H14O/c77-76(14-9-5-2-6-10-14)12-75-72-66-60-50-42-32-24-20-17-16-18-22(24)30-38(32)52(60)58-48-40(30)34-26(18)27-19(16)23-25-21(17)29-28(20)36(42)46-47-37(29)43-33(25)39-31(23)41-35(27)45-44(34)54(48)62-63-55(45)49(41)59-53(39)61-51(43)57(47)69(68(72)56(46)50)73(75)67(61)65(59)71(63)74(75,70(62)64(58)66)11-15(76)13-7-3-1-4-8-13/h1-11,77H,12H2. The highest BCUT2D eigenvalue weighted by Crippen LogP contribution is 2.86. The van der Waals surface area contributed by atoms with Gasteiger partial charge in [0.05, 0.1) is 5.41 Å². The lowest BCUT2D eigenvalue weighted by atomic mass is 9.42. The summed E-state index contributed by atoms with van der Waals surface area (Å²) >= 11 is 0. The van der Waals surface area contributed by atoms with Gasteiger partial charge in [-0.05, 0) is 336 Å². The van der Waals surface area contributed by atoms with Crippen molar-refractivity contribution in [2.45, 2.75) is 22.9 Å². The molecule has 77 heavy (non-hydrogen) atoms. The maximum atomic E-state index is 15.0. The molecule has 1 unspecified atom stereocenters. The van der Waals surface area contributed by atoms with Crippen molar-refractivity contribution in [3.8, 4) is 0 Å². The van der Waals surface area contributed by atoms with Crippen LogP contribution in [0.1, 0.15) is 39.8 Å². The molecule has 0 bridgehead atoms. The first kappa shape index (κ1) is 29.6. The van der Waals surface area contributed by atoms with E-state index in [1.165, 1.54) is 0 Å². The highest BCUT2D eigenvalue weighted by Gasteiger charge is 2.72. The second-order valence-corrected chi connectivity index (χ2v) is 27.8. The van der Waals surface area contributed by atoms with Gasteiger partial charge in [-0.15, -0.1) is 0 Å². The van der Waals surface area contributed by atoms with E-state index in [9.17, 15) is 0 Å². The van der Waals surface area contributed by atoms with E-state index in [2.05, 4.69) is 66.7 Å². The molecule has 2 spiro atoms. The van der Waals surface area contributed by atoms with E-state index in [0.717, 1.165) is 16.7 Å². The molecule has 0 aromatic heterocycles. The maximum Gasteiger partial charge on any atom is 0.116 e. The maximum absolute atomic E-state index is 15.0.